The molecular formula is C24H26FN5O5. The van der Waals surface area contributed by atoms with Gasteiger partial charge in [0.1, 0.15) is 23.7 Å². The molecule has 1 aromatic heterocycles. The molecule has 1 N–H and O–H groups in total. The van der Waals surface area contributed by atoms with Crippen molar-refractivity contribution in [3.8, 4) is 0 Å². The maximum absolute atomic E-state index is 13.3. The van der Waals surface area contributed by atoms with Gasteiger partial charge < -0.3 is 19.9 Å². The van der Waals surface area contributed by atoms with Gasteiger partial charge in [0.2, 0.25) is 5.91 Å². The van der Waals surface area contributed by atoms with Gasteiger partial charge in [-0.3, -0.25) is 14.5 Å². The van der Waals surface area contributed by atoms with Gasteiger partial charge in [0.15, 0.2) is 0 Å². The van der Waals surface area contributed by atoms with Crippen LogP contribution in [0.15, 0.2) is 42.6 Å². The van der Waals surface area contributed by atoms with E-state index in [1.807, 2.05) is 4.90 Å². The second-order valence-corrected chi connectivity index (χ2v) is 8.45. The molecule has 0 radical (unpaired) electrons. The third-order valence-corrected chi connectivity index (χ3v) is 6.21. The summed E-state index contributed by atoms with van der Waals surface area (Å²) < 4.78 is 18.2. The van der Waals surface area contributed by atoms with Crippen molar-refractivity contribution in [2.45, 2.75) is 19.4 Å². The normalized spacial score (nSPS) is 20.1. The van der Waals surface area contributed by atoms with Gasteiger partial charge in [-0.05, 0) is 43.7 Å². The first-order valence-electron chi connectivity index (χ1n) is 11.3. The van der Waals surface area contributed by atoms with E-state index in [0.29, 0.717) is 43.1 Å². The number of esters is 1. The van der Waals surface area contributed by atoms with Crippen molar-refractivity contribution in [1.29, 1.82) is 0 Å². The topological polar surface area (TPSA) is 112 Å². The fraction of sp³-hybridized carbons (Fsp3) is 0.375. The number of urea groups is 1. The van der Waals surface area contributed by atoms with Crippen LogP contribution in [0.5, 0.6) is 0 Å². The Bertz CT molecular complexity index is 1130. The lowest BCUT2D eigenvalue weighted by Gasteiger charge is -2.36. The number of nitrogens with one attached hydrogen (secondary N) is 1. The molecule has 10 nitrogen and oxygen atoms in total. The molecule has 2 aliphatic rings. The van der Waals surface area contributed by atoms with E-state index in [9.17, 15) is 23.6 Å². The van der Waals surface area contributed by atoms with Crippen molar-refractivity contribution in [2.75, 3.05) is 44.2 Å². The van der Waals surface area contributed by atoms with Gasteiger partial charge in [0.05, 0.1) is 12.2 Å². The van der Waals surface area contributed by atoms with Crippen LogP contribution in [0.1, 0.15) is 29.8 Å². The Morgan fingerprint density at radius 3 is 2.37 bits per heavy atom. The number of pyridine rings is 1. The molecule has 2 fully saturated rings. The highest BCUT2D eigenvalue weighted by Crippen LogP contribution is 2.29. The Morgan fingerprint density at radius 1 is 1.09 bits per heavy atom. The summed E-state index contributed by atoms with van der Waals surface area (Å²) in [7, 11) is 0. The van der Waals surface area contributed by atoms with Crippen molar-refractivity contribution < 1.29 is 28.3 Å². The summed E-state index contributed by atoms with van der Waals surface area (Å²) >= 11 is 0. The Morgan fingerprint density at radius 2 is 1.77 bits per heavy atom. The lowest BCUT2D eigenvalue weighted by Crippen LogP contribution is -2.52. The Kier molecular flexibility index (Phi) is 6.68. The maximum atomic E-state index is 13.3. The largest absolute Gasteiger partial charge is 0.462 e. The summed E-state index contributed by atoms with van der Waals surface area (Å²) in [6, 6.07) is 8.01. The minimum atomic E-state index is -1.37. The number of imide groups is 1. The van der Waals surface area contributed by atoms with Crippen LogP contribution in [-0.2, 0) is 19.9 Å². The zero-order valence-electron chi connectivity index (χ0n) is 19.5. The van der Waals surface area contributed by atoms with E-state index < -0.39 is 29.3 Å². The van der Waals surface area contributed by atoms with Crippen LogP contribution >= 0.6 is 0 Å². The molecule has 0 spiro atoms. The first-order chi connectivity index (χ1) is 16.7. The van der Waals surface area contributed by atoms with E-state index in [1.165, 1.54) is 37.4 Å². The van der Waals surface area contributed by atoms with Crippen molar-refractivity contribution in [3.05, 3.63) is 59.5 Å². The van der Waals surface area contributed by atoms with Gasteiger partial charge in [-0.15, -0.1) is 0 Å². The van der Waals surface area contributed by atoms with Crippen LogP contribution in [0.3, 0.4) is 0 Å². The maximum Gasteiger partial charge on any atom is 0.339 e. The summed E-state index contributed by atoms with van der Waals surface area (Å²) in [6.45, 7) is 4.95. The number of hydrogen-bond acceptors (Lipinski definition) is 7. The molecule has 1 atom stereocenters. The van der Waals surface area contributed by atoms with Crippen LogP contribution in [0.25, 0.3) is 0 Å². The molecule has 0 aliphatic carbocycles. The number of ether oxygens (including phenoxy) is 1. The molecule has 2 aliphatic heterocycles. The quantitative estimate of drug-likeness (QED) is 0.490. The van der Waals surface area contributed by atoms with Crippen molar-refractivity contribution in [3.63, 3.8) is 0 Å². The monoisotopic (exact) mass is 483 g/mol. The molecule has 2 saturated heterocycles. The van der Waals surface area contributed by atoms with Crippen LogP contribution in [0.2, 0.25) is 0 Å². The summed E-state index contributed by atoms with van der Waals surface area (Å²) in [5, 5.41) is 2.62. The highest BCUT2D eigenvalue weighted by Gasteiger charge is 2.49. The summed E-state index contributed by atoms with van der Waals surface area (Å²) in [5.41, 5.74) is -0.571. The number of anilines is 1. The molecule has 184 valence electrons. The third kappa shape index (κ3) is 4.79. The zero-order chi connectivity index (χ0) is 25.2. The number of halogens is 1. The molecule has 3 heterocycles. The average Bonchev–Trinajstić information content (AvgIpc) is 3.08. The molecular weight excluding hydrogens is 457 g/mol. The van der Waals surface area contributed by atoms with Gasteiger partial charge in [0.25, 0.3) is 5.91 Å². The van der Waals surface area contributed by atoms with Gasteiger partial charge in [-0.25, -0.2) is 19.0 Å². The SMILES string of the molecule is CCOC(=O)c1ccc(N2CCN(C(=O)CN3C(=O)NC(C)(c4ccc(F)cc4)C3=O)CC2)nc1. The van der Waals surface area contributed by atoms with Crippen molar-refractivity contribution >= 4 is 29.6 Å². The number of carbonyl (C=O) groups is 4. The van der Waals surface area contributed by atoms with Crippen molar-refractivity contribution in [1.82, 2.24) is 20.1 Å². The number of piperazine rings is 1. The molecule has 2 aromatic rings. The molecule has 4 amide bonds. The van der Waals surface area contributed by atoms with E-state index in [-0.39, 0.29) is 19.1 Å². The number of benzene rings is 1. The summed E-state index contributed by atoms with van der Waals surface area (Å²) in [5.74, 6) is -1.12. The zero-order valence-corrected chi connectivity index (χ0v) is 19.5. The molecule has 0 bridgehead atoms. The third-order valence-electron chi connectivity index (χ3n) is 6.21. The Balaban J connectivity index is 1.34. The minimum absolute atomic E-state index is 0.284. The summed E-state index contributed by atoms with van der Waals surface area (Å²) in [6.07, 6.45) is 1.46. The number of nitrogens with zero attached hydrogens (tertiary/aromatic N) is 4. The lowest BCUT2D eigenvalue weighted by molar-refractivity contribution is -0.139. The minimum Gasteiger partial charge on any atom is -0.462 e. The van der Waals surface area contributed by atoms with Gasteiger partial charge >= 0.3 is 12.0 Å². The van der Waals surface area contributed by atoms with Gasteiger partial charge in [-0.1, -0.05) is 12.1 Å². The number of amides is 4. The Hall–Kier alpha value is -4.02. The standard InChI is InChI=1S/C24H26FN5O5/c1-3-35-21(32)16-4-9-19(26-14-16)28-10-12-29(13-11-28)20(31)15-30-22(33)24(2,27-23(30)34)17-5-7-18(25)8-6-17/h4-9,14H,3,10-13,15H2,1-2H3,(H,27,34). The number of aromatic nitrogens is 1. The first-order valence-corrected chi connectivity index (χ1v) is 11.3. The van der Waals surface area contributed by atoms with E-state index in [4.69, 9.17) is 4.74 Å². The number of rotatable bonds is 6. The Labute approximate surface area is 201 Å². The molecule has 1 unspecified atom stereocenters. The highest BCUT2D eigenvalue weighted by molar-refractivity contribution is 6.09. The first kappa shape index (κ1) is 24.1. The number of carbonyl (C=O) groups excluding carboxylic acids is 4. The lowest BCUT2D eigenvalue weighted by atomic mass is 9.92. The van der Waals surface area contributed by atoms with Gasteiger partial charge in [-0.2, -0.15) is 0 Å². The van der Waals surface area contributed by atoms with E-state index >= 15 is 0 Å². The fourth-order valence-electron chi connectivity index (χ4n) is 4.15. The highest BCUT2D eigenvalue weighted by atomic mass is 19.1. The van der Waals surface area contributed by atoms with Crippen LogP contribution in [-0.4, -0.2) is 77.9 Å². The average molecular weight is 484 g/mol. The van der Waals surface area contributed by atoms with E-state index in [1.54, 1.807) is 24.0 Å². The fourth-order valence-corrected chi connectivity index (χ4v) is 4.15. The smallest absolute Gasteiger partial charge is 0.339 e. The number of hydrogen-bond donors (Lipinski definition) is 1. The molecule has 1 aromatic carbocycles. The summed E-state index contributed by atoms with van der Waals surface area (Å²) in [4.78, 5) is 59.0. The molecule has 35 heavy (non-hydrogen) atoms. The van der Waals surface area contributed by atoms with Crippen LogP contribution < -0.4 is 10.2 Å². The second-order valence-electron chi connectivity index (χ2n) is 8.45. The van der Waals surface area contributed by atoms with Gasteiger partial charge in [0, 0.05) is 32.4 Å². The molecule has 11 heteroatoms. The molecule has 4 rings (SSSR count). The van der Waals surface area contributed by atoms with Crippen LogP contribution in [0.4, 0.5) is 15.0 Å². The van der Waals surface area contributed by atoms with E-state index in [2.05, 4.69) is 10.3 Å². The molecule has 0 saturated carbocycles. The van der Waals surface area contributed by atoms with Crippen molar-refractivity contribution in [2.24, 2.45) is 0 Å². The van der Waals surface area contributed by atoms with E-state index in [0.717, 1.165) is 4.90 Å². The second kappa shape index (κ2) is 9.69. The predicted molar refractivity (Wildman–Crippen MR) is 123 cm³/mol. The predicted octanol–water partition coefficient (Wildman–Crippen LogP) is 1.51. The van der Waals surface area contributed by atoms with Crippen LogP contribution in [0, 0.1) is 5.82 Å².